The Morgan fingerprint density at radius 1 is 1.69 bits per heavy atom. The summed E-state index contributed by atoms with van der Waals surface area (Å²) < 4.78 is 25.1. The molecular weight excluding hydrogens is 206 g/mol. The van der Waals surface area contributed by atoms with E-state index in [2.05, 4.69) is 10.6 Å². The summed E-state index contributed by atoms with van der Waals surface area (Å²) >= 11 is 1.39. The quantitative estimate of drug-likeness (QED) is 0.764. The number of hydrogen-bond acceptors (Lipinski definition) is 3. The molecule has 0 saturated heterocycles. The Hall–Kier alpha value is -0.830. The molecule has 13 heavy (non-hydrogen) atoms. The molecule has 0 atom stereocenters. The minimum atomic E-state index is -3.38. The van der Waals surface area contributed by atoms with Crippen LogP contribution in [0, 0.1) is 19.3 Å². The summed E-state index contributed by atoms with van der Waals surface area (Å²) in [6.45, 7) is 1.88. The maximum Gasteiger partial charge on any atom is 0.242 e. The minimum Gasteiger partial charge on any atom is -0.207 e. The second kappa shape index (κ2) is 3.92. The fraction of sp³-hybridized carbons (Fsp3) is 0.250. The number of aryl methyl sites for hydroxylation is 1. The summed E-state index contributed by atoms with van der Waals surface area (Å²) in [6, 6.07) is 1.61. The molecule has 3 nitrogen and oxygen atoms in total. The topological polar surface area (TPSA) is 46.2 Å². The Balaban J connectivity index is 2.89. The molecule has 0 fully saturated rings. The number of rotatable bonds is 3. The van der Waals surface area contributed by atoms with Gasteiger partial charge >= 0.3 is 0 Å². The fourth-order valence-corrected chi connectivity index (χ4v) is 2.84. The van der Waals surface area contributed by atoms with E-state index in [1.54, 1.807) is 11.4 Å². The van der Waals surface area contributed by atoms with E-state index in [4.69, 9.17) is 6.42 Å². The summed E-state index contributed by atoms with van der Waals surface area (Å²) in [6.07, 6.45) is 4.94. The first-order valence-corrected chi connectivity index (χ1v) is 5.91. The molecule has 1 heterocycles. The number of sulfonamides is 1. The van der Waals surface area contributed by atoms with Crippen molar-refractivity contribution in [1.82, 2.24) is 4.72 Å². The third kappa shape index (κ3) is 2.56. The number of terminal acetylenes is 1. The smallest absolute Gasteiger partial charge is 0.207 e. The SMILES string of the molecule is C#CCNS(=O)(=O)c1csc(C)c1. The van der Waals surface area contributed by atoms with E-state index < -0.39 is 10.0 Å². The Morgan fingerprint density at radius 3 is 2.85 bits per heavy atom. The number of thiophene rings is 1. The zero-order valence-corrected chi connectivity index (χ0v) is 8.71. The summed E-state index contributed by atoms with van der Waals surface area (Å²) in [5.74, 6) is 2.21. The van der Waals surface area contributed by atoms with Gasteiger partial charge in [-0.1, -0.05) is 5.92 Å². The predicted molar refractivity (Wildman–Crippen MR) is 53.1 cm³/mol. The van der Waals surface area contributed by atoms with Crippen LogP contribution in [0.4, 0.5) is 0 Å². The lowest BCUT2D eigenvalue weighted by atomic mass is 10.5. The normalized spacial score (nSPS) is 11.1. The highest BCUT2D eigenvalue weighted by molar-refractivity contribution is 7.89. The number of nitrogens with one attached hydrogen (secondary N) is 1. The molecule has 1 N–H and O–H groups in total. The van der Waals surface area contributed by atoms with E-state index in [1.807, 2.05) is 6.92 Å². The van der Waals surface area contributed by atoms with Crippen LogP contribution in [0.15, 0.2) is 16.3 Å². The number of hydrogen-bond donors (Lipinski definition) is 1. The van der Waals surface area contributed by atoms with Gasteiger partial charge in [0.2, 0.25) is 10.0 Å². The largest absolute Gasteiger partial charge is 0.242 e. The molecule has 5 heteroatoms. The first-order chi connectivity index (χ1) is 6.06. The van der Waals surface area contributed by atoms with Crippen LogP contribution >= 0.6 is 11.3 Å². The second-order valence-electron chi connectivity index (χ2n) is 2.42. The molecule has 0 amide bonds. The lowest BCUT2D eigenvalue weighted by molar-refractivity contribution is 0.586. The van der Waals surface area contributed by atoms with Gasteiger partial charge in [-0.2, -0.15) is 4.72 Å². The summed E-state index contributed by atoms with van der Waals surface area (Å²) in [5, 5.41) is 1.59. The third-order valence-corrected chi connectivity index (χ3v) is 3.77. The Bertz CT molecular complexity index is 425. The van der Waals surface area contributed by atoms with E-state index in [9.17, 15) is 8.42 Å². The van der Waals surface area contributed by atoms with Gasteiger partial charge in [0.15, 0.2) is 0 Å². The van der Waals surface area contributed by atoms with Gasteiger partial charge in [-0.15, -0.1) is 17.8 Å². The zero-order chi connectivity index (χ0) is 9.90. The first kappa shape index (κ1) is 10.3. The summed E-state index contributed by atoms with van der Waals surface area (Å²) in [4.78, 5) is 1.24. The van der Waals surface area contributed by atoms with Crippen molar-refractivity contribution in [3.63, 3.8) is 0 Å². The molecule has 1 aromatic rings. The maximum atomic E-state index is 11.4. The highest BCUT2D eigenvalue weighted by Crippen LogP contribution is 2.17. The van der Waals surface area contributed by atoms with Gasteiger partial charge in [0.05, 0.1) is 11.4 Å². The molecule has 0 aromatic carbocycles. The van der Waals surface area contributed by atoms with Gasteiger partial charge in [-0.3, -0.25) is 0 Å². The van der Waals surface area contributed by atoms with E-state index in [-0.39, 0.29) is 11.4 Å². The van der Waals surface area contributed by atoms with Crippen LogP contribution in [0.5, 0.6) is 0 Å². The minimum absolute atomic E-state index is 0.0250. The predicted octanol–water partition coefficient (Wildman–Crippen LogP) is 0.968. The molecule has 1 rings (SSSR count). The Morgan fingerprint density at radius 2 is 2.38 bits per heavy atom. The summed E-state index contributed by atoms with van der Waals surface area (Å²) in [5.41, 5.74) is 0. The van der Waals surface area contributed by atoms with E-state index in [0.717, 1.165) is 4.88 Å². The molecule has 0 aliphatic carbocycles. The standard InChI is InChI=1S/C8H9NO2S2/c1-3-4-9-13(10,11)8-5-7(2)12-6-8/h1,5-6,9H,4H2,2H3. The van der Waals surface area contributed by atoms with E-state index in [0.29, 0.717) is 0 Å². The molecule has 1 aromatic heterocycles. The Labute approximate surface area is 81.8 Å². The van der Waals surface area contributed by atoms with Crippen LogP contribution in [0.1, 0.15) is 4.88 Å². The molecule has 0 unspecified atom stereocenters. The van der Waals surface area contributed by atoms with Crippen molar-refractivity contribution in [2.45, 2.75) is 11.8 Å². The molecule has 70 valence electrons. The zero-order valence-electron chi connectivity index (χ0n) is 7.07. The van der Waals surface area contributed by atoms with Gasteiger partial charge in [0, 0.05) is 10.3 Å². The fourth-order valence-electron chi connectivity index (χ4n) is 0.780. The van der Waals surface area contributed by atoms with Crippen LogP contribution in [0.3, 0.4) is 0 Å². The van der Waals surface area contributed by atoms with Crippen LogP contribution in [0.2, 0.25) is 0 Å². The first-order valence-electron chi connectivity index (χ1n) is 3.54. The van der Waals surface area contributed by atoms with Crippen LogP contribution in [-0.4, -0.2) is 15.0 Å². The van der Waals surface area contributed by atoms with Crippen molar-refractivity contribution in [2.24, 2.45) is 0 Å². The molecule has 0 aliphatic heterocycles. The summed E-state index contributed by atoms with van der Waals surface area (Å²) in [7, 11) is -3.38. The molecule has 0 spiro atoms. The lowest BCUT2D eigenvalue weighted by Crippen LogP contribution is -2.23. The van der Waals surface area contributed by atoms with Crippen LogP contribution < -0.4 is 4.72 Å². The van der Waals surface area contributed by atoms with Gasteiger partial charge in [-0.25, -0.2) is 8.42 Å². The average Bonchev–Trinajstić information content (AvgIpc) is 2.49. The Kier molecular flexibility index (Phi) is 3.09. The van der Waals surface area contributed by atoms with Crippen molar-refractivity contribution in [1.29, 1.82) is 0 Å². The highest BCUT2D eigenvalue weighted by Gasteiger charge is 2.13. The highest BCUT2D eigenvalue weighted by atomic mass is 32.2. The van der Waals surface area contributed by atoms with E-state index in [1.165, 1.54) is 11.3 Å². The van der Waals surface area contributed by atoms with Crippen molar-refractivity contribution >= 4 is 21.4 Å². The van der Waals surface area contributed by atoms with E-state index >= 15 is 0 Å². The second-order valence-corrected chi connectivity index (χ2v) is 5.30. The lowest BCUT2D eigenvalue weighted by Gasteiger charge is -1.99. The molecule has 0 radical (unpaired) electrons. The van der Waals surface area contributed by atoms with Gasteiger partial charge in [-0.05, 0) is 13.0 Å². The van der Waals surface area contributed by atoms with Crippen LogP contribution in [-0.2, 0) is 10.0 Å². The molecular formula is C8H9NO2S2. The van der Waals surface area contributed by atoms with Crippen LogP contribution in [0.25, 0.3) is 0 Å². The van der Waals surface area contributed by atoms with Gasteiger partial charge in [0.1, 0.15) is 0 Å². The van der Waals surface area contributed by atoms with Crippen molar-refractivity contribution < 1.29 is 8.42 Å². The molecule has 0 bridgehead atoms. The van der Waals surface area contributed by atoms with Crippen molar-refractivity contribution in [2.75, 3.05) is 6.54 Å². The third-order valence-electron chi connectivity index (χ3n) is 1.38. The van der Waals surface area contributed by atoms with Crippen molar-refractivity contribution in [3.05, 3.63) is 16.3 Å². The molecule has 0 saturated carbocycles. The molecule has 0 aliphatic rings. The maximum absolute atomic E-state index is 11.4. The van der Waals surface area contributed by atoms with Gasteiger partial charge in [0.25, 0.3) is 0 Å². The van der Waals surface area contributed by atoms with Crippen molar-refractivity contribution in [3.8, 4) is 12.3 Å². The monoisotopic (exact) mass is 215 g/mol. The van der Waals surface area contributed by atoms with Gasteiger partial charge < -0.3 is 0 Å². The average molecular weight is 215 g/mol.